The first kappa shape index (κ1) is 15.5. The highest BCUT2D eigenvalue weighted by molar-refractivity contribution is 7.89. The smallest absolute Gasteiger partial charge is 0.207 e. The van der Waals surface area contributed by atoms with Crippen molar-refractivity contribution >= 4 is 33.0 Å². The Kier molecular flexibility index (Phi) is 4.86. The topological polar surface area (TPSA) is 37.4 Å². The lowest BCUT2D eigenvalue weighted by molar-refractivity contribution is 0.466. The third-order valence-corrected chi connectivity index (χ3v) is 6.40. The van der Waals surface area contributed by atoms with E-state index in [0.29, 0.717) is 16.3 Å². The zero-order chi connectivity index (χ0) is 14.8. The van der Waals surface area contributed by atoms with E-state index in [1.54, 1.807) is 18.5 Å². The molecular formula is C14H16ClNO2S2. The van der Waals surface area contributed by atoms with Crippen LogP contribution in [0.3, 0.4) is 0 Å². The van der Waals surface area contributed by atoms with Crippen LogP contribution in [0.25, 0.3) is 0 Å². The third kappa shape index (κ3) is 3.23. The largest absolute Gasteiger partial charge is 0.244 e. The van der Waals surface area contributed by atoms with Crippen LogP contribution < -0.4 is 0 Å². The summed E-state index contributed by atoms with van der Waals surface area (Å²) >= 11 is 7.15. The Balaban J connectivity index is 2.23. The molecular weight excluding hydrogens is 314 g/mol. The lowest BCUT2D eigenvalue weighted by Gasteiger charge is -2.17. The average molecular weight is 330 g/mol. The number of benzene rings is 1. The van der Waals surface area contributed by atoms with Gasteiger partial charge in [-0.1, -0.05) is 29.8 Å². The molecule has 1 heterocycles. The second-order valence-electron chi connectivity index (χ2n) is 4.59. The Hall–Kier alpha value is -0.880. The van der Waals surface area contributed by atoms with Crippen molar-refractivity contribution in [2.75, 3.05) is 7.05 Å². The molecule has 0 fully saturated rings. The molecule has 6 heteroatoms. The molecule has 0 radical (unpaired) electrons. The standard InChI is InChI=1S/C14H16ClNO2S2/c1-11-3-5-12(6-4-11)10-16(2)20(17,18)14-7-8-19-13(14)9-15/h3-8H,9-10H2,1-2H3. The first-order valence-corrected chi connectivity index (χ1v) is 8.95. The lowest BCUT2D eigenvalue weighted by Crippen LogP contribution is -2.26. The molecule has 0 N–H and O–H groups in total. The molecule has 0 aliphatic rings. The number of rotatable bonds is 5. The molecule has 3 nitrogen and oxygen atoms in total. The molecule has 0 aliphatic heterocycles. The van der Waals surface area contributed by atoms with Gasteiger partial charge in [-0.15, -0.1) is 22.9 Å². The van der Waals surface area contributed by atoms with Gasteiger partial charge in [-0.25, -0.2) is 8.42 Å². The predicted molar refractivity (Wildman–Crippen MR) is 83.7 cm³/mol. The quantitative estimate of drug-likeness (QED) is 0.786. The van der Waals surface area contributed by atoms with Gasteiger partial charge in [-0.2, -0.15) is 4.31 Å². The highest BCUT2D eigenvalue weighted by Crippen LogP contribution is 2.26. The number of aryl methyl sites for hydroxylation is 1. The second kappa shape index (κ2) is 6.26. The Labute approximate surface area is 128 Å². The predicted octanol–water partition coefficient (Wildman–Crippen LogP) is 3.62. The maximum atomic E-state index is 12.5. The summed E-state index contributed by atoms with van der Waals surface area (Å²) in [7, 11) is -1.90. The summed E-state index contributed by atoms with van der Waals surface area (Å²) in [5, 5.41) is 1.75. The van der Waals surface area contributed by atoms with Crippen LogP contribution in [0.2, 0.25) is 0 Å². The van der Waals surface area contributed by atoms with Crippen molar-refractivity contribution in [1.29, 1.82) is 0 Å². The molecule has 108 valence electrons. The highest BCUT2D eigenvalue weighted by Gasteiger charge is 2.24. The summed E-state index contributed by atoms with van der Waals surface area (Å²) in [4.78, 5) is 0.995. The van der Waals surface area contributed by atoms with E-state index in [1.165, 1.54) is 15.6 Å². The van der Waals surface area contributed by atoms with E-state index >= 15 is 0 Å². The van der Waals surface area contributed by atoms with Gasteiger partial charge in [0, 0.05) is 18.5 Å². The molecule has 0 atom stereocenters. The van der Waals surface area contributed by atoms with Crippen LogP contribution in [0.4, 0.5) is 0 Å². The minimum atomic E-state index is -3.49. The number of thiophene rings is 1. The normalized spacial score (nSPS) is 12.0. The van der Waals surface area contributed by atoms with Gasteiger partial charge in [-0.05, 0) is 23.9 Å². The summed E-state index contributed by atoms with van der Waals surface area (Å²) in [6.45, 7) is 2.35. The Morgan fingerprint density at radius 1 is 1.20 bits per heavy atom. The van der Waals surface area contributed by atoms with E-state index in [2.05, 4.69) is 0 Å². The molecule has 0 amide bonds. The van der Waals surface area contributed by atoms with Crippen LogP contribution in [-0.2, 0) is 22.4 Å². The fourth-order valence-electron chi connectivity index (χ4n) is 1.86. The summed E-state index contributed by atoms with van der Waals surface area (Å²) in [6, 6.07) is 9.45. The van der Waals surface area contributed by atoms with Gasteiger partial charge in [0.1, 0.15) is 0 Å². The fourth-order valence-corrected chi connectivity index (χ4v) is 4.69. The minimum absolute atomic E-state index is 0.213. The van der Waals surface area contributed by atoms with E-state index in [1.807, 2.05) is 31.2 Å². The van der Waals surface area contributed by atoms with Crippen molar-refractivity contribution < 1.29 is 8.42 Å². The molecule has 0 bridgehead atoms. The highest BCUT2D eigenvalue weighted by atomic mass is 35.5. The van der Waals surface area contributed by atoms with E-state index in [4.69, 9.17) is 11.6 Å². The van der Waals surface area contributed by atoms with Crippen LogP contribution in [0.15, 0.2) is 40.6 Å². The summed E-state index contributed by atoms with van der Waals surface area (Å²) < 4.78 is 26.4. The van der Waals surface area contributed by atoms with Gasteiger partial charge in [0.15, 0.2) is 0 Å². The monoisotopic (exact) mass is 329 g/mol. The number of sulfonamides is 1. The zero-order valence-corrected chi connectivity index (χ0v) is 13.7. The van der Waals surface area contributed by atoms with E-state index in [9.17, 15) is 8.42 Å². The summed E-state index contributed by atoms with van der Waals surface area (Å²) in [5.41, 5.74) is 2.12. The molecule has 1 aromatic heterocycles. The van der Waals surface area contributed by atoms with Crippen molar-refractivity contribution in [1.82, 2.24) is 4.31 Å². The maximum absolute atomic E-state index is 12.5. The van der Waals surface area contributed by atoms with Gasteiger partial charge in [0.2, 0.25) is 10.0 Å². The third-order valence-electron chi connectivity index (χ3n) is 3.04. The Morgan fingerprint density at radius 2 is 1.85 bits per heavy atom. The zero-order valence-electron chi connectivity index (χ0n) is 11.3. The number of hydrogen-bond acceptors (Lipinski definition) is 3. The van der Waals surface area contributed by atoms with Gasteiger partial charge in [0.25, 0.3) is 0 Å². The van der Waals surface area contributed by atoms with E-state index in [0.717, 1.165) is 11.1 Å². The average Bonchev–Trinajstić information content (AvgIpc) is 2.90. The molecule has 0 spiro atoms. The molecule has 0 saturated heterocycles. The van der Waals surface area contributed by atoms with Crippen molar-refractivity contribution in [2.45, 2.75) is 24.2 Å². The van der Waals surface area contributed by atoms with Gasteiger partial charge in [-0.3, -0.25) is 0 Å². The Bertz CT molecular complexity index is 677. The van der Waals surface area contributed by atoms with Crippen molar-refractivity contribution in [3.63, 3.8) is 0 Å². The Morgan fingerprint density at radius 3 is 2.45 bits per heavy atom. The van der Waals surface area contributed by atoms with Gasteiger partial charge >= 0.3 is 0 Å². The molecule has 2 aromatic rings. The molecule has 0 unspecified atom stereocenters. The van der Waals surface area contributed by atoms with Crippen LogP contribution >= 0.6 is 22.9 Å². The fraction of sp³-hybridized carbons (Fsp3) is 0.286. The first-order valence-electron chi connectivity index (χ1n) is 6.09. The van der Waals surface area contributed by atoms with Gasteiger partial charge in [0.05, 0.1) is 10.8 Å². The van der Waals surface area contributed by atoms with E-state index in [-0.39, 0.29) is 5.88 Å². The number of halogens is 1. The van der Waals surface area contributed by atoms with Crippen LogP contribution in [0.5, 0.6) is 0 Å². The number of hydrogen-bond donors (Lipinski definition) is 0. The van der Waals surface area contributed by atoms with Crippen LogP contribution in [-0.4, -0.2) is 19.8 Å². The first-order chi connectivity index (χ1) is 9.45. The van der Waals surface area contributed by atoms with E-state index < -0.39 is 10.0 Å². The van der Waals surface area contributed by atoms with Crippen LogP contribution in [0, 0.1) is 6.92 Å². The second-order valence-corrected chi connectivity index (χ2v) is 7.87. The number of nitrogens with zero attached hydrogens (tertiary/aromatic N) is 1. The van der Waals surface area contributed by atoms with Crippen molar-refractivity contribution in [3.05, 3.63) is 51.7 Å². The molecule has 0 saturated carbocycles. The minimum Gasteiger partial charge on any atom is -0.207 e. The molecule has 20 heavy (non-hydrogen) atoms. The summed E-state index contributed by atoms with van der Waals surface area (Å²) in [5.74, 6) is 0.213. The molecule has 1 aromatic carbocycles. The number of alkyl halides is 1. The van der Waals surface area contributed by atoms with Crippen LogP contribution in [0.1, 0.15) is 16.0 Å². The maximum Gasteiger partial charge on any atom is 0.244 e. The lowest BCUT2D eigenvalue weighted by atomic mass is 10.1. The van der Waals surface area contributed by atoms with Gasteiger partial charge < -0.3 is 0 Å². The summed E-state index contributed by atoms with van der Waals surface area (Å²) in [6.07, 6.45) is 0. The SMILES string of the molecule is Cc1ccc(CN(C)S(=O)(=O)c2ccsc2CCl)cc1. The molecule has 0 aliphatic carbocycles. The molecule has 2 rings (SSSR count). The van der Waals surface area contributed by atoms with Crippen molar-refractivity contribution in [2.24, 2.45) is 0 Å². The van der Waals surface area contributed by atoms with Crippen molar-refractivity contribution in [3.8, 4) is 0 Å².